The van der Waals surface area contributed by atoms with Crippen molar-refractivity contribution in [3.63, 3.8) is 0 Å². The largest absolute Gasteiger partial charge is 0.399 e. The highest BCUT2D eigenvalue weighted by atomic mass is 14.6. The standard InChI is InChI=1S/C15H19N3/c1-9-7-11(3-5-13(9)16)8-12-4-6-14(17)10(2)15(12)18/h3-7H,8,16-18H2,1-2H3. The van der Waals surface area contributed by atoms with Crippen molar-refractivity contribution in [2.45, 2.75) is 20.3 Å². The summed E-state index contributed by atoms with van der Waals surface area (Å²) in [6.07, 6.45) is 0.800. The number of aryl methyl sites for hydroxylation is 1. The Balaban J connectivity index is 2.34. The molecule has 2 aromatic carbocycles. The molecule has 2 rings (SSSR count). The molecule has 0 bridgehead atoms. The number of nitrogens with two attached hydrogens (primary N) is 3. The van der Waals surface area contributed by atoms with Gasteiger partial charge in [-0.15, -0.1) is 0 Å². The number of benzene rings is 2. The third-order valence-electron chi connectivity index (χ3n) is 3.38. The monoisotopic (exact) mass is 241 g/mol. The molecule has 0 unspecified atom stereocenters. The Kier molecular flexibility index (Phi) is 3.15. The maximum absolute atomic E-state index is 6.09. The first-order chi connectivity index (χ1) is 8.49. The lowest BCUT2D eigenvalue weighted by Crippen LogP contribution is -2.02. The van der Waals surface area contributed by atoms with E-state index >= 15 is 0 Å². The van der Waals surface area contributed by atoms with Crippen LogP contribution in [0.15, 0.2) is 30.3 Å². The van der Waals surface area contributed by atoms with Gasteiger partial charge in [-0.2, -0.15) is 0 Å². The summed E-state index contributed by atoms with van der Waals surface area (Å²) < 4.78 is 0. The van der Waals surface area contributed by atoms with Crippen molar-refractivity contribution < 1.29 is 0 Å². The first-order valence-electron chi connectivity index (χ1n) is 5.97. The summed E-state index contributed by atoms with van der Waals surface area (Å²) in [7, 11) is 0. The summed E-state index contributed by atoms with van der Waals surface area (Å²) in [4.78, 5) is 0. The molecular weight excluding hydrogens is 222 g/mol. The van der Waals surface area contributed by atoms with Crippen molar-refractivity contribution in [2.75, 3.05) is 17.2 Å². The lowest BCUT2D eigenvalue weighted by molar-refractivity contribution is 1.18. The Hall–Kier alpha value is -2.16. The van der Waals surface area contributed by atoms with E-state index in [0.29, 0.717) is 0 Å². The number of rotatable bonds is 2. The van der Waals surface area contributed by atoms with Gasteiger partial charge in [0, 0.05) is 17.1 Å². The maximum Gasteiger partial charge on any atom is 0.0400 e. The minimum Gasteiger partial charge on any atom is -0.399 e. The highest BCUT2D eigenvalue weighted by molar-refractivity contribution is 5.65. The van der Waals surface area contributed by atoms with Gasteiger partial charge in [-0.05, 0) is 54.7 Å². The Bertz CT molecular complexity index is 589. The van der Waals surface area contributed by atoms with Gasteiger partial charge in [0.15, 0.2) is 0 Å². The van der Waals surface area contributed by atoms with Gasteiger partial charge in [0.1, 0.15) is 0 Å². The van der Waals surface area contributed by atoms with Crippen LogP contribution in [0.4, 0.5) is 17.1 Å². The lowest BCUT2D eigenvalue weighted by atomic mass is 9.98. The zero-order valence-corrected chi connectivity index (χ0v) is 10.8. The summed E-state index contributed by atoms with van der Waals surface area (Å²) in [6.45, 7) is 3.96. The van der Waals surface area contributed by atoms with Crippen molar-refractivity contribution in [1.29, 1.82) is 0 Å². The third-order valence-corrected chi connectivity index (χ3v) is 3.38. The minimum absolute atomic E-state index is 0.740. The second-order valence-corrected chi connectivity index (χ2v) is 4.72. The fourth-order valence-electron chi connectivity index (χ4n) is 2.02. The van der Waals surface area contributed by atoms with Crippen molar-refractivity contribution in [3.8, 4) is 0 Å². The van der Waals surface area contributed by atoms with Gasteiger partial charge in [-0.1, -0.05) is 18.2 Å². The van der Waals surface area contributed by atoms with E-state index in [1.807, 2.05) is 38.1 Å². The van der Waals surface area contributed by atoms with Crippen LogP contribution in [0.2, 0.25) is 0 Å². The molecular formula is C15H19N3. The van der Waals surface area contributed by atoms with E-state index in [4.69, 9.17) is 17.2 Å². The van der Waals surface area contributed by atoms with Gasteiger partial charge in [-0.3, -0.25) is 0 Å². The molecule has 18 heavy (non-hydrogen) atoms. The number of nitrogen functional groups attached to an aromatic ring is 3. The lowest BCUT2D eigenvalue weighted by Gasteiger charge is -2.11. The normalized spacial score (nSPS) is 10.6. The molecule has 0 radical (unpaired) electrons. The van der Waals surface area contributed by atoms with Crippen LogP contribution in [0.5, 0.6) is 0 Å². The van der Waals surface area contributed by atoms with Crippen LogP contribution in [0.1, 0.15) is 22.3 Å². The molecule has 3 nitrogen and oxygen atoms in total. The Morgan fingerprint density at radius 3 is 2.22 bits per heavy atom. The highest BCUT2D eigenvalue weighted by Gasteiger charge is 2.06. The van der Waals surface area contributed by atoms with E-state index in [-0.39, 0.29) is 0 Å². The van der Waals surface area contributed by atoms with E-state index in [0.717, 1.165) is 40.2 Å². The fraction of sp³-hybridized carbons (Fsp3) is 0.200. The Morgan fingerprint density at radius 1 is 0.889 bits per heavy atom. The van der Waals surface area contributed by atoms with Crippen LogP contribution < -0.4 is 17.2 Å². The summed E-state index contributed by atoms with van der Waals surface area (Å²) in [6, 6.07) is 9.97. The summed E-state index contributed by atoms with van der Waals surface area (Å²) >= 11 is 0. The van der Waals surface area contributed by atoms with Crippen molar-refractivity contribution in [2.24, 2.45) is 0 Å². The molecule has 0 atom stereocenters. The molecule has 6 N–H and O–H groups in total. The predicted molar refractivity (Wildman–Crippen MR) is 78.4 cm³/mol. The molecule has 94 valence electrons. The van der Waals surface area contributed by atoms with Crippen molar-refractivity contribution in [1.82, 2.24) is 0 Å². The number of hydrogen-bond acceptors (Lipinski definition) is 3. The second kappa shape index (κ2) is 4.61. The number of hydrogen-bond donors (Lipinski definition) is 3. The van der Waals surface area contributed by atoms with Crippen molar-refractivity contribution >= 4 is 17.1 Å². The van der Waals surface area contributed by atoms with Crippen LogP contribution in [-0.4, -0.2) is 0 Å². The average molecular weight is 241 g/mol. The van der Waals surface area contributed by atoms with Crippen LogP contribution in [-0.2, 0) is 6.42 Å². The van der Waals surface area contributed by atoms with Gasteiger partial charge < -0.3 is 17.2 Å². The molecule has 0 fully saturated rings. The summed E-state index contributed by atoms with van der Waals surface area (Å²) in [5.41, 5.74) is 24.4. The van der Waals surface area contributed by atoms with E-state index in [1.54, 1.807) is 0 Å². The molecule has 0 saturated heterocycles. The number of anilines is 3. The summed E-state index contributed by atoms with van der Waals surface area (Å²) in [5, 5.41) is 0. The van der Waals surface area contributed by atoms with Crippen molar-refractivity contribution in [3.05, 3.63) is 52.6 Å². The zero-order chi connectivity index (χ0) is 13.3. The quantitative estimate of drug-likeness (QED) is 0.707. The summed E-state index contributed by atoms with van der Waals surface area (Å²) in [5.74, 6) is 0. The van der Waals surface area contributed by atoms with Gasteiger partial charge in [0.05, 0.1) is 0 Å². The van der Waals surface area contributed by atoms with Crippen LogP contribution in [0.25, 0.3) is 0 Å². The minimum atomic E-state index is 0.740. The van der Waals surface area contributed by atoms with E-state index in [9.17, 15) is 0 Å². The predicted octanol–water partition coefficient (Wildman–Crippen LogP) is 2.64. The van der Waals surface area contributed by atoms with Crippen LogP contribution in [0.3, 0.4) is 0 Å². The van der Waals surface area contributed by atoms with Gasteiger partial charge in [-0.25, -0.2) is 0 Å². The van der Waals surface area contributed by atoms with Crippen LogP contribution in [0, 0.1) is 13.8 Å². The second-order valence-electron chi connectivity index (χ2n) is 4.72. The molecule has 0 heterocycles. The Morgan fingerprint density at radius 2 is 1.56 bits per heavy atom. The molecule has 0 amide bonds. The fourth-order valence-corrected chi connectivity index (χ4v) is 2.02. The van der Waals surface area contributed by atoms with E-state index < -0.39 is 0 Å². The van der Waals surface area contributed by atoms with Gasteiger partial charge in [0.2, 0.25) is 0 Å². The van der Waals surface area contributed by atoms with Gasteiger partial charge in [0.25, 0.3) is 0 Å². The van der Waals surface area contributed by atoms with E-state index in [1.165, 1.54) is 5.56 Å². The van der Waals surface area contributed by atoms with Gasteiger partial charge >= 0.3 is 0 Å². The molecule has 0 spiro atoms. The molecule has 0 aromatic heterocycles. The first-order valence-corrected chi connectivity index (χ1v) is 5.97. The molecule has 0 saturated carbocycles. The SMILES string of the molecule is Cc1cc(Cc2ccc(N)c(C)c2N)ccc1N. The average Bonchev–Trinajstić information content (AvgIpc) is 2.34. The smallest absolute Gasteiger partial charge is 0.0400 e. The maximum atomic E-state index is 6.09. The zero-order valence-electron chi connectivity index (χ0n) is 10.8. The topological polar surface area (TPSA) is 78.1 Å². The third kappa shape index (κ3) is 2.25. The van der Waals surface area contributed by atoms with E-state index in [2.05, 4.69) is 6.07 Å². The Labute approximate surface area is 108 Å². The molecule has 2 aromatic rings. The first kappa shape index (κ1) is 12.3. The molecule has 0 aliphatic rings. The highest BCUT2D eigenvalue weighted by Crippen LogP contribution is 2.25. The molecule has 0 aliphatic carbocycles. The molecule has 3 heteroatoms. The van der Waals surface area contributed by atoms with Crippen LogP contribution >= 0.6 is 0 Å². The molecule has 0 aliphatic heterocycles.